The van der Waals surface area contributed by atoms with E-state index in [0.717, 1.165) is 16.7 Å². The fourth-order valence-electron chi connectivity index (χ4n) is 1.72. The molecule has 0 bridgehead atoms. The van der Waals surface area contributed by atoms with Crippen LogP contribution >= 0.6 is 0 Å². The van der Waals surface area contributed by atoms with Gasteiger partial charge in [-0.05, 0) is 30.2 Å². The number of likely N-dealkylation sites (N-methyl/N-ethyl adjacent to an activating group) is 1. The van der Waals surface area contributed by atoms with Gasteiger partial charge in [-0.2, -0.15) is 0 Å². The Hall–Kier alpha value is -2.10. The minimum absolute atomic E-state index is 0.0142. The van der Waals surface area contributed by atoms with E-state index < -0.39 is 0 Å². The van der Waals surface area contributed by atoms with Crippen molar-refractivity contribution < 1.29 is 4.79 Å². The summed E-state index contributed by atoms with van der Waals surface area (Å²) >= 11 is 0. The number of pyridine rings is 1. The normalized spacial score (nSPS) is 14.4. The number of dihydropyridines is 1. The molecule has 0 saturated heterocycles. The van der Waals surface area contributed by atoms with Gasteiger partial charge in [-0.1, -0.05) is 0 Å². The van der Waals surface area contributed by atoms with E-state index in [1.807, 2.05) is 25.3 Å². The van der Waals surface area contributed by atoms with Crippen molar-refractivity contribution in [3.63, 3.8) is 0 Å². The summed E-state index contributed by atoms with van der Waals surface area (Å²) in [6, 6.07) is 3.88. The van der Waals surface area contributed by atoms with Crippen LogP contribution < -0.4 is 10.6 Å². The van der Waals surface area contributed by atoms with Gasteiger partial charge in [0.15, 0.2) is 0 Å². The molecule has 0 saturated carbocycles. The second-order valence-electron chi connectivity index (χ2n) is 3.78. The quantitative estimate of drug-likeness (QED) is 0.824. The summed E-state index contributed by atoms with van der Waals surface area (Å²) in [6.07, 6.45) is 7.80. The van der Waals surface area contributed by atoms with E-state index in [2.05, 4.69) is 15.6 Å². The molecule has 1 aromatic rings. The predicted molar refractivity (Wildman–Crippen MR) is 66.7 cm³/mol. The second-order valence-corrected chi connectivity index (χ2v) is 3.78. The highest BCUT2D eigenvalue weighted by Crippen LogP contribution is 2.23. The molecule has 0 aliphatic carbocycles. The van der Waals surface area contributed by atoms with Crippen LogP contribution in [-0.2, 0) is 4.79 Å². The summed E-state index contributed by atoms with van der Waals surface area (Å²) in [6.45, 7) is 2.55. The first-order chi connectivity index (χ1) is 8.31. The predicted octanol–water partition coefficient (Wildman–Crippen LogP) is 1.44. The number of nitrogens with one attached hydrogen (secondary N) is 2. The zero-order chi connectivity index (χ0) is 12.1. The zero-order valence-electron chi connectivity index (χ0n) is 9.73. The molecule has 1 aliphatic heterocycles. The molecule has 0 atom stereocenters. The number of hydrogen-bond acceptors (Lipinski definition) is 3. The first-order valence-electron chi connectivity index (χ1n) is 5.64. The molecule has 4 heteroatoms. The van der Waals surface area contributed by atoms with Crippen molar-refractivity contribution in [1.29, 1.82) is 0 Å². The number of carbonyl (C=O) groups excluding carboxylic acids is 1. The number of aromatic nitrogens is 1. The number of amides is 1. The third kappa shape index (κ3) is 2.72. The molecule has 88 valence electrons. The topological polar surface area (TPSA) is 54.0 Å². The minimum Gasteiger partial charge on any atom is -0.367 e. The van der Waals surface area contributed by atoms with E-state index in [1.54, 1.807) is 18.6 Å². The van der Waals surface area contributed by atoms with Crippen molar-refractivity contribution in [3.8, 4) is 0 Å². The third-order valence-electron chi connectivity index (χ3n) is 2.58. The highest BCUT2D eigenvalue weighted by atomic mass is 16.1. The van der Waals surface area contributed by atoms with Gasteiger partial charge in [-0.3, -0.25) is 9.78 Å². The van der Waals surface area contributed by atoms with Crippen molar-refractivity contribution >= 4 is 11.5 Å². The third-order valence-corrected chi connectivity index (χ3v) is 2.58. The van der Waals surface area contributed by atoms with E-state index in [4.69, 9.17) is 0 Å². The number of carbonyl (C=O) groups is 1. The molecule has 0 aromatic carbocycles. The van der Waals surface area contributed by atoms with Gasteiger partial charge in [0.1, 0.15) is 0 Å². The molecule has 4 nitrogen and oxygen atoms in total. The molecular weight excluding hydrogens is 214 g/mol. The SMILES string of the molecule is CCNC(=O)C1=CNC=C(c2ccncc2)C1. The Kier molecular flexibility index (Phi) is 3.55. The number of rotatable bonds is 3. The Morgan fingerprint density at radius 1 is 1.41 bits per heavy atom. The highest BCUT2D eigenvalue weighted by Gasteiger charge is 2.14. The van der Waals surface area contributed by atoms with E-state index in [9.17, 15) is 4.79 Å². The first-order valence-corrected chi connectivity index (χ1v) is 5.64. The van der Waals surface area contributed by atoms with E-state index in [0.29, 0.717) is 13.0 Å². The highest BCUT2D eigenvalue weighted by molar-refractivity contribution is 5.96. The lowest BCUT2D eigenvalue weighted by molar-refractivity contribution is -0.117. The van der Waals surface area contributed by atoms with Crippen LogP contribution in [0.1, 0.15) is 18.9 Å². The molecule has 0 fully saturated rings. The van der Waals surface area contributed by atoms with Crippen LogP contribution in [0.4, 0.5) is 0 Å². The van der Waals surface area contributed by atoms with E-state index >= 15 is 0 Å². The first kappa shape index (κ1) is 11.4. The molecule has 0 radical (unpaired) electrons. The fraction of sp³-hybridized carbons (Fsp3) is 0.231. The fourth-order valence-corrected chi connectivity index (χ4v) is 1.72. The molecule has 0 spiro atoms. The molecule has 1 amide bonds. The van der Waals surface area contributed by atoms with Gasteiger partial charge in [0.25, 0.3) is 0 Å². The Labute approximate surface area is 100 Å². The average molecular weight is 229 g/mol. The summed E-state index contributed by atoms with van der Waals surface area (Å²) in [4.78, 5) is 15.7. The molecule has 17 heavy (non-hydrogen) atoms. The van der Waals surface area contributed by atoms with Gasteiger partial charge in [0.2, 0.25) is 5.91 Å². The van der Waals surface area contributed by atoms with Crippen LogP contribution in [0.15, 0.2) is 42.5 Å². The van der Waals surface area contributed by atoms with Gasteiger partial charge >= 0.3 is 0 Å². The molecule has 1 aromatic heterocycles. The summed E-state index contributed by atoms with van der Waals surface area (Å²) < 4.78 is 0. The largest absolute Gasteiger partial charge is 0.367 e. The average Bonchev–Trinajstić information content (AvgIpc) is 2.40. The maximum Gasteiger partial charge on any atom is 0.249 e. The maximum absolute atomic E-state index is 11.7. The van der Waals surface area contributed by atoms with E-state index in [1.165, 1.54) is 0 Å². The smallest absolute Gasteiger partial charge is 0.249 e. The molecule has 2 N–H and O–H groups in total. The second kappa shape index (κ2) is 5.30. The van der Waals surface area contributed by atoms with Crippen molar-refractivity contribution in [2.24, 2.45) is 0 Å². The Morgan fingerprint density at radius 3 is 2.88 bits per heavy atom. The van der Waals surface area contributed by atoms with Crippen molar-refractivity contribution in [2.75, 3.05) is 6.54 Å². The van der Waals surface area contributed by atoms with Gasteiger partial charge in [0, 0.05) is 43.3 Å². The maximum atomic E-state index is 11.7. The number of hydrogen-bond donors (Lipinski definition) is 2. The molecule has 2 rings (SSSR count). The van der Waals surface area contributed by atoms with Crippen LogP contribution in [0, 0.1) is 0 Å². The lowest BCUT2D eigenvalue weighted by atomic mass is 9.98. The lowest BCUT2D eigenvalue weighted by Gasteiger charge is -2.15. The van der Waals surface area contributed by atoms with E-state index in [-0.39, 0.29) is 5.91 Å². The Bertz CT molecular complexity index is 463. The zero-order valence-corrected chi connectivity index (χ0v) is 9.73. The minimum atomic E-state index is -0.0142. The molecule has 1 aliphatic rings. The van der Waals surface area contributed by atoms with Crippen LogP contribution in [0.2, 0.25) is 0 Å². The monoisotopic (exact) mass is 229 g/mol. The van der Waals surface area contributed by atoms with Crippen LogP contribution in [0.25, 0.3) is 5.57 Å². The molecular formula is C13H15N3O. The standard InChI is InChI=1S/C13H15N3O/c1-2-16-13(17)12-7-11(8-15-9-12)10-3-5-14-6-4-10/h3-6,8-9,15H,2,7H2,1H3,(H,16,17). The Balaban J connectivity index is 2.10. The summed E-state index contributed by atoms with van der Waals surface area (Å²) in [5.74, 6) is -0.0142. The molecule has 0 unspecified atom stereocenters. The van der Waals surface area contributed by atoms with Crippen molar-refractivity contribution in [2.45, 2.75) is 13.3 Å². The van der Waals surface area contributed by atoms with Gasteiger partial charge < -0.3 is 10.6 Å². The van der Waals surface area contributed by atoms with Crippen molar-refractivity contribution in [1.82, 2.24) is 15.6 Å². The van der Waals surface area contributed by atoms with Gasteiger partial charge in [-0.15, -0.1) is 0 Å². The summed E-state index contributed by atoms with van der Waals surface area (Å²) in [5.41, 5.74) is 2.93. The lowest BCUT2D eigenvalue weighted by Crippen LogP contribution is -2.26. The number of allylic oxidation sites excluding steroid dienone is 1. The van der Waals surface area contributed by atoms with Crippen LogP contribution in [-0.4, -0.2) is 17.4 Å². The number of nitrogens with zero attached hydrogens (tertiary/aromatic N) is 1. The van der Waals surface area contributed by atoms with Gasteiger partial charge in [0.05, 0.1) is 0 Å². The van der Waals surface area contributed by atoms with Gasteiger partial charge in [-0.25, -0.2) is 0 Å². The summed E-state index contributed by atoms with van der Waals surface area (Å²) in [5, 5.41) is 5.82. The van der Waals surface area contributed by atoms with Crippen LogP contribution in [0.3, 0.4) is 0 Å². The molecule has 2 heterocycles. The van der Waals surface area contributed by atoms with Crippen LogP contribution in [0.5, 0.6) is 0 Å². The van der Waals surface area contributed by atoms with Crippen molar-refractivity contribution in [3.05, 3.63) is 48.1 Å². The summed E-state index contributed by atoms with van der Waals surface area (Å²) in [7, 11) is 0. The Morgan fingerprint density at radius 2 is 2.18 bits per heavy atom.